The van der Waals surface area contributed by atoms with Crippen LogP contribution in [0.15, 0.2) is 12.4 Å². The number of rotatable bonds is 3. The van der Waals surface area contributed by atoms with Crippen LogP contribution < -0.4 is 5.32 Å². The second-order valence-electron chi connectivity index (χ2n) is 5.41. The molecule has 1 saturated heterocycles. The minimum Gasteiger partial charge on any atom is -0.481 e. The number of carboxylic acids is 1. The van der Waals surface area contributed by atoms with Crippen LogP contribution in [-0.2, 0) is 11.3 Å². The van der Waals surface area contributed by atoms with Crippen LogP contribution in [-0.4, -0.2) is 44.9 Å². The summed E-state index contributed by atoms with van der Waals surface area (Å²) in [6, 6.07) is -0.271. The fraction of sp³-hybridized carbons (Fsp3) is 0.615. The molecule has 1 aromatic rings. The van der Waals surface area contributed by atoms with Gasteiger partial charge in [0, 0.05) is 25.8 Å². The first-order valence-corrected chi connectivity index (χ1v) is 6.76. The number of aryl methyl sites for hydroxylation is 1. The van der Waals surface area contributed by atoms with E-state index in [4.69, 9.17) is 0 Å². The number of aromatic nitrogens is 2. The number of hydrogen-bond donors (Lipinski definition) is 2. The van der Waals surface area contributed by atoms with Crippen LogP contribution in [0.5, 0.6) is 0 Å². The van der Waals surface area contributed by atoms with E-state index >= 15 is 0 Å². The minimum atomic E-state index is -0.858. The van der Waals surface area contributed by atoms with Gasteiger partial charge in [0.2, 0.25) is 0 Å². The lowest BCUT2D eigenvalue weighted by atomic mass is 9.82. The van der Waals surface area contributed by atoms with Crippen LogP contribution >= 0.6 is 0 Å². The van der Waals surface area contributed by atoms with Crippen LogP contribution in [0.25, 0.3) is 0 Å². The molecule has 1 aromatic heterocycles. The van der Waals surface area contributed by atoms with Gasteiger partial charge in [-0.3, -0.25) is 9.48 Å². The van der Waals surface area contributed by atoms with Gasteiger partial charge in [0.1, 0.15) is 0 Å². The number of piperidine rings is 1. The SMILES string of the molecule is CCn1cc(NC(=O)N2CCCC(C)(C(=O)O)C2)cn1. The van der Waals surface area contributed by atoms with E-state index in [2.05, 4.69) is 10.4 Å². The summed E-state index contributed by atoms with van der Waals surface area (Å²) in [6.07, 6.45) is 4.63. The predicted octanol–water partition coefficient (Wildman–Crippen LogP) is 1.62. The summed E-state index contributed by atoms with van der Waals surface area (Å²) in [5.41, 5.74) is -0.233. The zero-order chi connectivity index (χ0) is 14.8. The number of likely N-dealkylation sites (tertiary alicyclic amines) is 1. The molecule has 110 valence electrons. The Morgan fingerprint density at radius 3 is 2.90 bits per heavy atom. The lowest BCUT2D eigenvalue weighted by molar-refractivity contribution is -0.150. The van der Waals surface area contributed by atoms with Gasteiger partial charge in [-0.15, -0.1) is 0 Å². The highest BCUT2D eigenvalue weighted by atomic mass is 16.4. The second-order valence-corrected chi connectivity index (χ2v) is 5.41. The van der Waals surface area contributed by atoms with Gasteiger partial charge >= 0.3 is 12.0 Å². The molecule has 2 heterocycles. The fourth-order valence-corrected chi connectivity index (χ4v) is 2.39. The molecule has 2 N–H and O–H groups in total. The van der Waals surface area contributed by atoms with Gasteiger partial charge in [0.25, 0.3) is 0 Å². The third kappa shape index (κ3) is 2.92. The van der Waals surface area contributed by atoms with E-state index in [1.54, 1.807) is 28.9 Å². The van der Waals surface area contributed by atoms with Crippen LogP contribution in [0.2, 0.25) is 0 Å². The molecule has 20 heavy (non-hydrogen) atoms. The second kappa shape index (κ2) is 5.52. The number of nitrogens with one attached hydrogen (secondary N) is 1. The normalized spacial score (nSPS) is 22.6. The van der Waals surface area contributed by atoms with Crippen molar-refractivity contribution in [2.75, 3.05) is 18.4 Å². The van der Waals surface area contributed by atoms with E-state index < -0.39 is 11.4 Å². The van der Waals surface area contributed by atoms with E-state index in [0.717, 1.165) is 6.54 Å². The van der Waals surface area contributed by atoms with E-state index in [0.29, 0.717) is 25.1 Å². The molecule has 0 aliphatic carbocycles. The molecule has 2 amide bonds. The largest absolute Gasteiger partial charge is 0.481 e. The summed E-state index contributed by atoms with van der Waals surface area (Å²) in [4.78, 5) is 25.0. The summed E-state index contributed by atoms with van der Waals surface area (Å²) in [6.45, 7) is 5.19. The van der Waals surface area contributed by atoms with E-state index in [1.807, 2.05) is 6.92 Å². The van der Waals surface area contributed by atoms with Crippen molar-refractivity contribution in [1.29, 1.82) is 0 Å². The number of carbonyl (C=O) groups is 2. The molecule has 1 fully saturated rings. The molecule has 0 spiro atoms. The molecule has 7 heteroatoms. The number of aliphatic carboxylic acids is 1. The van der Waals surface area contributed by atoms with E-state index in [9.17, 15) is 14.7 Å². The van der Waals surface area contributed by atoms with E-state index in [-0.39, 0.29) is 12.6 Å². The third-order valence-corrected chi connectivity index (χ3v) is 3.71. The molecule has 1 aliphatic rings. The molecule has 7 nitrogen and oxygen atoms in total. The maximum Gasteiger partial charge on any atom is 0.321 e. The van der Waals surface area contributed by atoms with E-state index in [1.165, 1.54) is 0 Å². The highest BCUT2D eigenvalue weighted by Crippen LogP contribution is 2.29. The number of urea groups is 1. The molecule has 1 unspecified atom stereocenters. The monoisotopic (exact) mass is 280 g/mol. The van der Waals surface area contributed by atoms with Gasteiger partial charge in [-0.1, -0.05) is 0 Å². The summed E-state index contributed by atoms with van der Waals surface area (Å²) < 4.78 is 1.72. The van der Waals surface area contributed by atoms with Crippen molar-refractivity contribution < 1.29 is 14.7 Å². The third-order valence-electron chi connectivity index (χ3n) is 3.71. The van der Waals surface area contributed by atoms with Crippen molar-refractivity contribution in [3.8, 4) is 0 Å². The zero-order valence-electron chi connectivity index (χ0n) is 11.8. The van der Waals surface area contributed by atoms with Crippen LogP contribution in [0, 0.1) is 5.41 Å². The lowest BCUT2D eigenvalue weighted by Crippen LogP contribution is -2.49. The smallest absolute Gasteiger partial charge is 0.321 e. The fourth-order valence-electron chi connectivity index (χ4n) is 2.39. The molecule has 0 bridgehead atoms. The number of carbonyl (C=O) groups excluding carboxylic acids is 1. The zero-order valence-corrected chi connectivity index (χ0v) is 11.8. The van der Waals surface area contributed by atoms with Gasteiger partial charge in [-0.05, 0) is 26.7 Å². The number of nitrogens with zero attached hydrogens (tertiary/aromatic N) is 3. The average Bonchev–Trinajstić information content (AvgIpc) is 2.86. The summed E-state index contributed by atoms with van der Waals surface area (Å²) in [7, 11) is 0. The molecule has 2 rings (SSSR count). The summed E-state index contributed by atoms with van der Waals surface area (Å²) in [5.74, 6) is -0.853. The number of amides is 2. The Kier molecular flexibility index (Phi) is 3.96. The standard InChI is InChI=1S/C13H20N4O3/c1-3-17-8-10(7-14-17)15-12(20)16-6-4-5-13(2,9-16)11(18)19/h7-8H,3-6,9H2,1-2H3,(H,15,20)(H,18,19). The number of anilines is 1. The van der Waals surface area contributed by atoms with Crippen molar-refractivity contribution in [2.45, 2.75) is 33.2 Å². The summed E-state index contributed by atoms with van der Waals surface area (Å²) >= 11 is 0. The Morgan fingerprint density at radius 2 is 2.30 bits per heavy atom. The average molecular weight is 280 g/mol. The molecule has 0 saturated carbocycles. The topological polar surface area (TPSA) is 87.5 Å². The van der Waals surface area contributed by atoms with Crippen molar-refractivity contribution in [2.24, 2.45) is 5.41 Å². The van der Waals surface area contributed by atoms with Crippen LogP contribution in [0.4, 0.5) is 10.5 Å². The Labute approximate surface area is 117 Å². The highest BCUT2D eigenvalue weighted by Gasteiger charge is 2.39. The maximum absolute atomic E-state index is 12.2. The first-order chi connectivity index (χ1) is 9.44. The van der Waals surface area contributed by atoms with Crippen LogP contribution in [0.3, 0.4) is 0 Å². The lowest BCUT2D eigenvalue weighted by Gasteiger charge is -2.37. The van der Waals surface area contributed by atoms with Gasteiger partial charge in [0.05, 0.1) is 17.3 Å². The highest BCUT2D eigenvalue weighted by molar-refractivity contribution is 5.89. The first kappa shape index (κ1) is 14.4. The van der Waals surface area contributed by atoms with Crippen molar-refractivity contribution in [3.63, 3.8) is 0 Å². The van der Waals surface area contributed by atoms with Crippen molar-refractivity contribution in [3.05, 3.63) is 12.4 Å². The Bertz CT molecular complexity index is 513. The van der Waals surface area contributed by atoms with Crippen molar-refractivity contribution >= 4 is 17.7 Å². The van der Waals surface area contributed by atoms with Crippen molar-refractivity contribution in [1.82, 2.24) is 14.7 Å². The molecule has 1 atom stereocenters. The molecule has 0 radical (unpaired) electrons. The minimum absolute atomic E-state index is 0.232. The Morgan fingerprint density at radius 1 is 1.55 bits per heavy atom. The number of hydrogen-bond acceptors (Lipinski definition) is 3. The maximum atomic E-state index is 12.2. The molecular formula is C13H20N4O3. The van der Waals surface area contributed by atoms with Crippen LogP contribution in [0.1, 0.15) is 26.7 Å². The first-order valence-electron chi connectivity index (χ1n) is 6.76. The van der Waals surface area contributed by atoms with Gasteiger partial charge in [-0.2, -0.15) is 5.10 Å². The Hall–Kier alpha value is -2.05. The van der Waals surface area contributed by atoms with Gasteiger partial charge in [-0.25, -0.2) is 4.79 Å². The number of carboxylic acid groups (broad SMARTS) is 1. The van der Waals surface area contributed by atoms with Gasteiger partial charge < -0.3 is 15.3 Å². The molecular weight excluding hydrogens is 260 g/mol. The molecule has 0 aromatic carbocycles. The predicted molar refractivity (Wildman–Crippen MR) is 73.5 cm³/mol. The molecule has 1 aliphatic heterocycles. The summed E-state index contributed by atoms with van der Waals surface area (Å²) in [5, 5.41) is 16.1. The van der Waals surface area contributed by atoms with Gasteiger partial charge in [0.15, 0.2) is 0 Å². The quantitative estimate of drug-likeness (QED) is 0.880. The Balaban J connectivity index is 2.00.